The monoisotopic (exact) mass is 379 g/mol. The molecule has 0 unspecified atom stereocenters. The van der Waals surface area contributed by atoms with Crippen LogP contribution in [0.5, 0.6) is 5.88 Å². The van der Waals surface area contributed by atoms with Crippen molar-refractivity contribution in [2.45, 2.75) is 25.7 Å². The SMILES string of the molecule is Clc1ccc(-n2ccc(OC[C@@H]3CC[C@H]3CN3CCCC3)n2)cc1Cl. The highest BCUT2D eigenvalue weighted by molar-refractivity contribution is 6.42. The fourth-order valence-corrected chi connectivity index (χ4v) is 4.03. The van der Waals surface area contributed by atoms with Gasteiger partial charge in [0.2, 0.25) is 5.88 Å². The van der Waals surface area contributed by atoms with Crippen LogP contribution in [0.25, 0.3) is 5.69 Å². The van der Waals surface area contributed by atoms with Gasteiger partial charge < -0.3 is 9.64 Å². The number of benzene rings is 1. The van der Waals surface area contributed by atoms with Gasteiger partial charge in [0.25, 0.3) is 0 Å². The molecule has 4 rings (SSSR count). The van der Waals surface area contributed by atoms with Crippen molar-refractivity contribution in [3.8, 4) is 11.6 Å². The lowest BCUT2D eigenvalue weighted by atomic mass is 9.74. The Bertz CT molecular complexity index is 727. The van der Waals surface area contributed by atoms with Gasteiger partial charge in [-0.15, -0.1) is 5.10 Å². The van der Waals surface area contributed by atoms with E-state index >= 15 is 0 Å². The highest BCUT2D eigenvalue weighted by Gasteiger charge is 2.33. The molecule has 1 aromatic heterocycles. The molecule has 2 heterocycles. The van der Waals surface area contributed by atoms with Crippen LogP contribution in [-0.2, 0) is 0 Å². The molecule has 2 aliphatic rings. The smallest absolute Gasteiger partial charge is 0.233 e. The molecule has 2 aromatic rings. The second-order valence-electron chi connectivity index (χ2n) is 7.11. The van der Waals surface area contributed by atoms with Crippen LogP contribution in [0.2, 0.25) is 10.0 Å². The highest BCUT2D eigenvalue weighted by Crippen LogP contribution is 2.36. The van der Waals surface area contributed by atoms with E-state index in [2.05, 4.69) is 10.00 Å². The molecule has 0 spiro atoms. The number of nitrogens with zero attached hydrogens (tertiary/aromatic N) is 3. The number of aromatic nitrogens is 2. The Kier molecular flexibility index (Phi) is 5.20. The zero-order chi connectivity index (χ0) is 17.2. The Labute approximate surface area is 158 Å². The second kappa shape index (κ2) is 7.56. The van der Waals surface area contributed by atoms with Crippen molar-refractivity contribution >= 4 is 23.2 Å². The fraction of sp³-hybridized carbons (Fsp3) is 0.526. The molecular formula is C19H23Cl2N3O. The van der Waals surface area contributed by atoms with Gasteiger partial charge in [-0.2, -0.15) is 0 Å². The average molecular weight is 380 g/mol. The summed E-state index contributed by atoms with van der Waals surface area (Å²) in [6, 6.07) is 7.37. The Morgan fingerprint density at radius 3 is 2.56 bits per heavy atom. The lowest BCUT2D eigenvalue weighted by molar-refractivity contribution is 0.0732. The molecule has 134 valence electrons. The summed E-state index contributed by atoms with van der Waals surface area (Å²) in [7, 11) is 0. The molecule has 1 saturated heterocycles. The van der Waals surface area contributed by atoms with E-state index in [1.54, 1.807) is 16.8 Å². The van der Waals surface area contributed by atoms with E-state index in [-0.39, 0.29) is 0 Å². The molecule has 0 radical (unpaired) electrons. The summed E-state index contributed by atoms with van der Waals surface area (Å²) in [5.41, 5.74) is 0.875. The topological polar surface area (TPSA) is 30.3 Å². The van der Waals surface area contributed by atoms with Gasteiger partial charge in [-0.25, -0.2) is 4.68 Å². The van der Waals surface area contributed by atoms with Gasteiger partial charge in [-0.05, 0) is 68.8 Å². The van der Waals surface area contributed by atoms with Crippen LogP contribution in [-0.4, -0.2) is 40.9 Å². The summed E-state index contributed by atoms with van der Waals surface area (Å²) in [6.07, 6.45) is 7.21. The first-order valence-electron chi connectivity index (χ1n) is 9.05. The molecule has 1 saturated carbocycles. The third kappa shape index (κ3) is 3.97. The van der Waals surface area contributed by atoms with E-state index in [0.29, 0.717) is 21.8 Å². The lowest BCUT2D eigenvalue weighted by Crippen LogP contribution is -2.39. The zero-order valence-electron chi connectivity index (χ0n) is 14.2. The van der Waals surface area contributed by atoms with Crippen molar-refractivity contribution in [1.29, 1.82) is 0 Å². The molecule has 4 nitrogen and oxygen atoms in total. The Morgan fingerprint density at radius 1 is 1.04 bits per heavy atom. The van der Waals surface area contributed by atoms with E-state index in [4.69, 9.17) is 27.9 Å². The molecule has 1 aromatic carbocycles. The van der Waals surface area contributed by atoms with Crippen molar-refractivity contribution in [2.24, 2.45) is 11.8 Å². The van der Waals surface area contributed by atoms with E-state index in [1.165, 1.54) is 45.3 Å². The molecular weight excluding hydrogens is 357 g/mol. The van der Waals surface area contributed by atoms with Gasteiger partial charge in [0, 0.05) is 18.8 Å². The predicted octanol–water partition coefficient (Wildman–Crippen LogP) is 4.68. The van der Waals surface area contributed by atoms with E-state index in [1.807, 2.05) is 18.3 Å². The molecule has 2 fully saturated rings. The van der Waals surface area contributed by atoms with Gasteiger partial charge >= 0.3 is 0 Å². The fourth-order valence-electron chi connectivity index (χ4n) is 3.74. The molecule has 0 amide bonds. The first-order valence-corrected chi connectivity index (χ1v) is 9.81. The minimum atomic E-state index is 0.524. The molecule has 0 N–H and O–H groups in total. The Hall–Kier alpha value is -1.23. The number of hydrogen-bond donors (Lipinski definition) is 0. The van der Waals surface area contributed by atoms with Crippen molar-refractivity contribution in [3.05, 3.63) is 40.5 Å². The summed E-state index contributed by atoms with van der Waals surface area (Å²) in [5.74, 6) is 2.11. The molecule has 0 bridgehead atoms. The van der Waals surface area contributed by atoms with Crippen LogP contribution < -0.4 is 4.74 Å². The molecule has 25 heavy (non-hydrogen) atoms. The van der Waals surface area contributed by atoms with Gasteiger partial charge in [0.15, 0.2) is 0 Å². The zero-order valence-corrected chi connectivity index (χ0v) is 15.7. The van der Waals surface area contributed by atoms with E-state index in [0.717, 1.165) is 18.2 Å². The van der Waals surface area contributed by atoms with Crippen LogP contribution in [0.1, 0.15) is 25.7 Å². The lowest BCUT2D eigenvalue weighted by Gasteiger charge is -2.38. The van der Waals surface area contributed by atoms with Crippen LogP contribution >= 0.6 is 23.2 Å². The number of hydrogen-bond acceptors (Lipinski definition) is 3. The largest absolute Gasteiger partial charge is 0.476 e. The van der Waals surface area contributed by atoms with Crippen molar-refractivity contribution in [3.63, 3.8) is 0 Å². The summed E-state index contributed by atoms with van der Waals surface area (Å²) in [4.78, 5) is 2.61. The van der Waals surface area contributed by atoms with Gasteiger partial charge in [-0.1, -0.05) is 23.2 Å². The van der Waals surface area contributed by atoms with Gasteiger partial charge in [0.05, 0.1) is 22.3 Å². The summed E-state index contributed by atoms with van der Waals surface area (Å²) < 4.78 is 7.72. The van der Waals surface area contributed by atoms with E-state index in [9.17, 15) is 0 Å². The maximum Gasteiger partial charge on any atom is 0.233 e. The van der Waals surface area contributed by atoms with Crippen molar-refractivity contribution < 1.29 is 4.74 Å². The minimum absolute atomic E-state index is 0.524. The molecule has 2 atom stereocenters. The second-order valence-corrected chi connectivity index (χ2v) is 7.93. The molecule has 1 aliphatic carbocycles. The maximum atomic E-state index is 6.08. The van der Waals surface area contributed by atoms with Gasteiger partial charge in [-0.3, -0.25) is 0 Å². The van der Waals surface area contributed by atoms with Crippen LogP contribution in [0.4, 0.5) is 0 Å². The predicted molar refractivity (Wildman–Crippen MR) is 101 cm³/mol. The van der Waals surface area contributed by atoms with E-state index < -0.39 is 0 Å². The summed E-state index contributed by atoms with van der Waals surface area (Å²) in [5, 5.41) is 5.56. The molecule has 1 aliphatic heterocycles. The third-order valence-corrected chi connectivity index (χ3v) is 6.18. The molecule has 6 heteroatoms. The van der Waals surface area contributed by atoms with Gasteiger partial charge in [0.1, 0.15) is 0 Å². The maximum absolute atomic E-state index is 6.08. The number of halogens is 2. The quantitative estimate of drug-likeness (QED) is 0.729. The van der Waals surface area contributed by atoms with Crippen LogP contribution in [0, 0.1) is 11.8 Å². The third-order valence-electron chi connectivity index (χ3n) is 5.44. The Morgan fingerprint density at radius 2 is 1.84 bits per heavy atom. The summed E-state index contributed by atoms with van der Waals surface area (Å²) in [6.45, 7) is 4.55. The first-order chi connectivity index (χ1) is 12.2. The first kappa shape index (κ1) is 17.2. The van der Waals surface area contributed by atoms with Crippen molar-refractivity contribution in [1.82, 2.24) is 14.7 Å². The Balaban J connectivity index is 1.31. The standard InChI is InChI=1S/C19H23Cl2N3O/c20-17-6-5-16(11-18(17)21)24-10-7-19(22-24)25-13-15-4-3-14(15)12-23-8-1-2-9-23/h5-7,10-11,14-15H,1-4,8-9,12-13H2/t14-,15-/m0/s1. The average Bonchev–Trinajstić information content (AvgIpc) is 3.26. The highest BCUT2D eigenvalue weighted by atomic mass is 35.5. The van der Waals surface area contributed by atoms with Crippen molar-refractivity contribution in [2.75, 3.05) is 26.2 Å². The number of likely N-dealkylation sites (tertiary alicyclic amines) is 1. The van der Waals surface area contributed by atoms with Crippen LogP contribution in [0.15, 0.2) is 30.5 Å². The minimum Gasteiger partial charge on any atom is -0.476 e. The normalized spacial score (nSPS) is 23.6. The number of ether oxygens (including phenoxy) is 1. The number of rotatable bonds is 6. The summed E-state index contributed by atoms with van der Waals surface area (Å²) >= 11 is 12.0. The van der Waals surface area contributed by atoms with Crippen LogP contribution in [0.3, 0.4) is 0 Å².